The van der Waals surface area contributed by atoms with Crippen LogP contribution < -0.4 is 15.4 Å². The molecule has 27 heavy (non-hydrogen) atoms. The van der Waals surface area contributed by atoms with Crippen molar-refractivity contribution >= 4 is 28.4 Å². The third-order valence-electron chi connectivity index (χ3n) is 3.93. The van der Waals surface area contributed by atoms with E-state index in [-0.39, 0.29) is 0 Å². The molecule has 0 aliphatic rings. The number of rotatable bonds is 7. The minimum absolute atomic E-state index is 0.534. The number of hydrogen-bond donors (Lipinski definition) is 2. The van der Waals surface area contributed by atoms with Gasteiger partial charge >= 0.3 is 0 Å². The molecule has 0 spiro atoms. The van der Waals surface area contributed by atoms with Crippen molar-refractivity contribution in [3.63, 3.8) is 0 Å². The van der Waals surface area contributed by atoms with Crippen molar-refractivity contribution in [1.29, 1.82) is 0 Å². The lowest BCUT2D eigenvalue weighted by atomic mass is 10.2. The van der Waals surface area contributed by atoms with Gasteiger partial charge in [-0.3, -0.25) is 4.98 Å². The number of pyridine rings is 1. The molecule has 0 radical (unpaired) electrons. The summed E-state index contributed by atoms with van der Waals surface area (Å²) in [5.74, 6) is 2.13. The second kappa shape index (κ2) is 8.14. The standard InChI is InChI=1S/C21H19N5O/c1-2-6-18(7-3-1)27-14-13-23-20-10-12-24-21(26-20)25-17-8-9-19-16(15-17)5-4-11-22-19/h1-12,15H,13-14H2,(H2,23,24,25,26). The van der Waals surface area contributed by atoms with Gasteiger partial charge in [-0.25, -0.2) is 4.98 Å². The lowest BCUT2D eigenvalue weighted by Gasteiger charge is -2.10. The average Bonchev–Trinajstić information content (AvgIpc) is 2.72. The lowest BCUT2D eigenvalue weighted by molar-refractivity contribution is 0.333. The van der Waals surface area contributed by atoms with Crippen molar-refractivity contribution in [3.05, 3.63) is 79.1 Å². The number of para-hydroxylation sites is 1. The molecule has 0 aliphatic heterocycles. The van der Waals surface area contributed by atoms with E-state index in [1.54, 1.807) is 12.4 Å². The maximum absolute atomic E-state index is 5.67. The summed E-state index contributed by atoms with van der Waals surface area (Å²) in [6.45, 7) is 1.20. The first-order valence-electron chi connectivity index (χ1n) is 8.73. The molecule has 2 aromatic carbocycles. The van der Waals surface area contributed by atoms with Gasteiger partial charge in [0.25, 0.3) is 0 Å². The van der Waals surface area contributed by atoms with Crippen LogP contribution in [0.2, 0.25) is 0 Å². The first kappa shape index (κ1) is 16.8. The summed E-state index contributed by atoms with van der Waals surface area (Å²) in [5, 5.41) is 7.54. The molecule has 0 amide bonds. The Morgan fingerprint density at radius 1 is 0.852 bits per heavy atom. The summed E-state index contributed by atoms with van der Waals surface area (Å²) >= 11 is 0. The van der Waals surface area contributed by atoms with Crippen molar-refractivity contribution in [1.82, 2.24) is 15.0 Å². The molecule has 0 unspecified atom stereocenters. The average molecular weight is 357 g/mol. The van der Waals surface area contributed by atoms with Crippen molar-refractivity contribution in [2.24, 2.45) is 0 Å². The van der Waals surface area contributed by atoms with Crippen molar-refractivity contribution in [3.8, 4) is 5.75 Å². The number of fused-ring (bicyclic) bond motifs is 1. The fourth-order valence-electron chi connectivity index (χ4n) is 2.66. The van der Waals surface area contributed by atoms with Crippen LogP contribution in [-0.2, 0) is 0 Å². The minimum atomic E-state index is 0.534. The zero-order chi connectivity index (χ0) is 18.3. The Labute approximate surface area is 157 Å². The number of ether oxygens (including phenoxy) is 1. The van der Waals surface area contributed by atoms with Gasteiger partial charge in [-0.1, -0.05) is 24.3 Å². The summed E-state index contributed by atoms with van der Waals surface area (Å²) in [4.78, 5) is 13.1. The zero-order valence-electron chi connectivity index (χ0n) is 14.7. The Bertz CT molecular complexity index is 1020. The summed E-state index contributed by atoms with van der Waals surface area (Å²) < 4.78 is 5.67. The molecule has 134 valence electrons. The minimum Gasteiger partial charge on any atom is -0.492 e. The molecule has 6 heteroatoms. The molecule has 6 nitrogen and oxygen atoms in total. The maximum atomic E-state index is 5.67. The molecule has 0 saturated carbocycles. The molecule has 4 aromatic rings. The predicted molar refractivity (Wildman–Crippen MR) is 107 cm³/mol. The molecule has 0 atom stereocenters. The van der Waals surface area contributed by atoms with Crippen molar-refractivity contribution in [2.45, 2.75) is 0 Å². The smallest absolute Gasteiger partial charge is 0.229 e. The monoisotopic (exact) mass is 357 g/mol. The Morgan fingerprint density at radius 3 is 2.70 bits per heavy atom. The van der Waals surface area contributed by atoms with Gasteiger partial charge in [0.05, 0.1) is 12.1 Å². The molecule has 2 heterocycles. The highest BCUT2D eigenvalue weighted by atomic mass is 16.5. The van der Waals surface area contributed by atoms with Crippen LogP contribution in [0, 0.1) is 0 Å². The Balaban J connectivity index is 1.35. The predicted octanol–water partition coefficient (Wildman–Crippen LogP) is 4.26. The summed E-state index contributed by atoms with van der Waals surface area (Å²) in [7, 11) is 0. The number of aromatic nitrogens is 3. The van der Waals surface area contributed by atoms with Crippen LogP contribution in [0.4, 0.5) is 17.5 Å². The molecule has 4 rings (SSSR count). The number of benzene rings is 2. The molecule has 2 aromatic heterocycles. The third-order valence-corrected chi connectivity index (χ3v) is 3.93. The van der Waals surface area contributed by atoms with E-state index in [9.17, 15) is 0 Å². The SMILES string of the molecule is c1ccc(OCCNc2ccnc(Nc3ccc4ncccc4c3)n2)cc1. The topological polar surface area (TPSA) is 72.0 Å². The van der Waals surface area contributed by atoms with Crippen LogP contribution in [0.15, 0.2) is 79.1 Å². The van der Waals surface area contributed by atoms with Gasteiger partial charge in [-0.05, 0) is 42.5 Å². The fraction of sp³-hybridized carbons (Fsp3) is 0.0952. The van der Waals surface area contributed by atoms with Gasteiger partial charge in [-0.15, -0.1) is 0 Å². The van der Waals surface area contributed by atoms with Crippen LogP contribution in [-0.4, -0.2) is 28.1 Å². The van der Waals surface area contributed by atoms with E-state index in [2.05, 4.69) is 25.6 Å². The van der Waals surface area contributed by atoms with Crippen molar-refractivity contribution in [2.75, 3.05) is 23.8 Å². The van der Waals surface area contributed by atoms with E-state index in [0.717, 1.165) is 28.2 Å². The second-order valence-electron chi connectivity index (χ2n) is 5.89. The van der Waals surface area contributed by atoms with Gasteiger partial charge in [0.2, 0.25) is 5.95 Å². The van der Waals surface area contributed by atoms with E-state index in [1.165, 1.54) is 0 Å². The quantitative estimate of drug-likeness (QED) is 0.482. The van der Waals surface area contributed by atoms with E-state index in [1.807, 2.05) is 66.7 Å². The van der Waals surface area contributed by atoms with E-state index in [4.69, 9.17) is 4.74 Å². The highest BCUT2D eigenvalue weighted by molar-refractivity contribution is 5.82. The highest BCUT2D eigenvalue weighted by Crippen LogP contribution is 2.19. The Kier molecular flexibility index (Phi) is 5.06. The maximum Gasteiger partial charge on any atom is 0.229 e. The molecule has 0 saturated heterocycles. The van der Waals surface area contributed by atoms with Crippen LogP contribution in [0.5, 0.6) is 5.75 Å². The molecule has 0 fully saturated rings. The van der Waals surface area contributed by atoms with E-state index < -0.39 is 0 Å². The van der Waals surface area contributed by atoms with Gasteiger partial charge in [-0.2, -0.15) is 4.98 Å². The highest BCUT2D eigenvalue weighted by Gasteiger charge is 2.02. The molecular formula is C21H19N5O. The van der Waals surface area contributed by atoms with E-state index >= 15 is 0 Å². The number of nitrogens with one attached hydrogen (secondary N) is 2. The third kappa shape index (κ3) is 4.49. The van der Waals surface area contributed by atoms with Crippen LogP contribution >= 0.6 is 0 Å². The van der Waals surface area contributed by atoms with Crippen molar-refractivity contribution < 1.29 is 4.74 Å². The number of nitrogens with zero attached hydrogens (tertiary/aromatic N) is 3. The normalized spacial score (nSPS) is 10.5. The molecule has 0 aliphatic carbocycles. The van der Waals surface area contributed by atoms with E-state index in [0.29, 0.717) is 19.1 Å². The van der Waals surface area contributed by atoms with Crippen LogP contribution in [0.25, 0.3) is 10.9 Å². The van der Waals surface area contributed by atoms with Crippen LogP contribution in [0.3, 0.4) is 0 Å². The lowest BCUT2D eigenvalue weighted by Crippen LogP contribution is -2.12. The molecular weight excluding hydrogens is 338 g/mol. The Morgan fingerprint density at radius 2 is 1.78 bits per heavy atom. The second-order valence-corrected chi connectivity index (χ2v) is 5.89. The summed E-state index contributed by atoms with van der Waals surface area (Å²) in [5.41, 5.74) is 1.87. The van der Waals surface area contributed by atoms with Crippen LogP contribution in [0.1, 0.15) is 0 Å². The number of hydrogen-bond acceptors (Lipinski definition) is 6. The summed E-state index contributed by atoms with van der Waals surface area (Å²) in [6.07, 6.45) is 3.51. The largest absolute Gasteiger partial charge is 0.492 e. The Hall–Kier alpha value is -3.67. The van der Waals surface area contributed by atoms with Gasteiger partial charge in [0.15, 0.2) is 0 Å². The fourth-order valence-corrected chi connectivity index (χ4v) is 2.66. The van der Waals surface area contributed by atoms with Gasteiger partial charge in [0, 0.05) is 23.5 Å². The first-order chi connectivity index (χ1) is 13.4. The zero-order valence-corrected chi connectivity index (χ0v) is 14.7. The molecule has 0 bridgehead atoms. The summed E-state index contributed by atoms with van der Waals surface area (Å²) in [6, 6.07) is 21.5. The molecule has 2 N–H and O–H groups in total. The van der Waals surface area contributed by atoms with Gasteiger partial charge in [0.1, 0.15) is 18.2 Å². The van der Waals surface area contributed by atoms with Gasteiger partial charge < -0.3 is 15.4 Å². The number of anilines is 3. The first-order valence-corrected chi connectivity index (χ1v) is 8.73.